The number of rotatable bonds is 56. The number of carbonyl (C=O) groups is 4. The number of unbranched alkanes of at least 4 members (excludes halogenated alkanes) is 20. The molecule has 4 aliphatic heterocycles. The van der Waals surface area contributed by atoms with Crippen LogP contribution in [0.5, 0.6) is 0 Å². The maximum Gasteiger partial charge on any atom is 0.261 e. The Morgan fingerprint density at radius 3 is 0.844 bits per heavy atom. The molecule has 6 atom stereocenters. The molecule has 6 unspecified atom stereocenters. The summed E-state index contributed by atoms with van der Waals surface area (Å²) in [6.07, 6.45) is 45.8. The number of nitrogens with zero attached hydrogens (tertiary/aromatic N) is 6. The third-order valence-electron chi connectivity index (χ3n) is 27.5. The predicted molar refractivity (Wildman–Crippen MR) is 530 cm³/mol. The largest absolute Gasteiger partial charge is 0.306 e. The number of fused-ring (bicyclic) bond motifs is 8. The highest BCUT2D eigenvalue weighted by atomic mass is 32.1. The Hall–Kier alpha value is -6.40. The number of aromatic nitrogens is 2. The minimum absolute atomic E-state index is 0.0279. The topological polar surface area (TPSA) is 107 Å². The molecule has 0 fully saturated rings. The maximum absolute atomic E-state index is 15.8. The Bertz CT molecular complexity index is 4780. The predicted octanol–water partition coefficient (Wildman–Crippen LogP) is 32.9. The molecule has 12 heterocycles. The van der Waals surface area contributed by atoms with Crippen LogP contribution >= 0.6 is 68.0 Å². The molecule has 0 saturated carbocycles. The van der Waals surface area contributed by atoms with Gasteiger partial charge in [0.15, 0.2) is 0 Å². The van der Waals surface area contributed by atoms with E-state index in [0.717, 1.165) is 202 Å². The molecule has 8 aromatic heterocycles. The van der Waals surface area contributed by atoms with Crippen molar-refractivity contribution in [1.82, 2.24) is 29.6 Å². The van der Waals surface area contributed by atoms with Gasteiger partial charge in [-0.25, -0.2) is 0 Å². The van der Waals surface area contributed by atoms with Gasteiger partial charge < -0.3 is 19.6 Å². The molecule has 4 aliphatic rings. The van der Waals surface area contributed by atoms with Gasteiger partial charge in [-0.05, 0) is 146 Å². The summed E-state index contributed by atoms with van der Waals surface area (Å²) in [6, 6.07) is 27.3. The maximum atomic E-state index is 15.8. The van der Waals surface area contributed by atoms with Gasteiger partial charge in [0.2, 0.25) is 0 Å². The zero-order valence-corrected chi connectivity index (χ0v) is 81.3. The fourth-order valence-corrected chi connectivity index (χ4v) is 26.2. The van der Waals surface area contributed by atoms with Crippen molar-refractivity contribution < 1.29 is 19.2 Å². The second-order valence-electron chi connectivity index (χ2n) is 36.3. The number of hydrogen-bond donors (Lipinski definition) is 0. The Morgan fingerprint density at radius 2 is 0.557 bits per heavy atom. The molecule has 4 amide bonds. The van der Waals surface area contributed by atoms with E-state index < -0.39 is 0 Å². The number of hydrogen-bond acceptors (Lipinski definition) is 12. The van der Waals surface area contributed by atoms with Gasteiger partial charge in [0.25, 0.3) is 23.6 Å². The van der Waals surface area contributed by atoms with E-state index in [9.17, 15) is 0 Å². The van der Waals surface area contributed by atoms with Crippen molar-refractivity contribution >= 4 is 156 Å². The summed E-state index contributed by atoms with van der Waals surface area (Å²) < 4.78 is 2.53. The average Bonchev–Trinajstić information content (AvgIpc) is 1.56. The molecule has 0 spiro atoms. The first kappa shape index (κ1) is 93.2. The van der Waals surface area contributed by atoms with E-state index in [4.69, 9.17) is 9.97 Å². The molecule has 0 radical (unpaired) electrons. The summed E-state index contributed by atoms with van der Waals surface area (Å²) in [4.78, 5) is 92.3. The summed E-state index contributed by atoms with van der Waals surface area (Å²) in [5.74, 6) is 1.69. The van der Waals surface area contributed by atoms with Crippen LogP contribution in [-0.4, -0.2) is 79.4 Å². The van der Waals surface area contributed by atoms with Crippen molar-refractivity contribution in [3.8, 4) is 19.5 Å². The minimum Gasteiger partial charge on any atom is -0.306 e. The molecule has 658 valence electrons. The lowest BCUT2D eigenvalue weighted by Crippen LogP contribution is -2.34. The van der Waals surface area contributed by atoms with Crippen LogP contribution in [0.25, 0.3) is 84.3 Å². The Balaban J connectivity index is 0.998. The van der Waals surface area contributed by atoms with Crippen molar-refractivity contribution in [2.45, 2.75) is 352 Å². The first-order valence-corrected chi connectivity index (χ1v) is 53.9. The Labute approximate surface area is 757 Å². The van der Waals surface area contributed by atoms with Gasteiger partial charge in [-0.3, -0.25) is 29.1 Å². The second-order valence-corrected chi connectivity index (χ2v) is 42.5. The fraction of sp³-hybridized carbons (Fsp3) is 0.585. The number of carbonyl (C=O) groups excluding carboxylic acids is 4. The SMILES string of the molecule is CCCCCCCCC(CCCCCC)c1nc2cc3c(cc2c2sc(-c4ccc(C5=C6C(=O)N(CC(CC)CCCC)C(c7cccs7)=C6C(=O)N5CC(CC)CCCC)s4)cc12)nc(C(CCCCCC)CCCCCCCC)c1cc(-c2ccc(C4=C5C(=O)N(CC(CC)CCCC)C(c6cccs6)=C5C(=O)N4CC(CC)CCCC)s2)sc13. The molecule has 10 nitrogen and oxygen atoms in total. The second kappa shape index (κ2) is 45.8. The molecule has 0 N–H and O–H groups in total. The summed E-state index contributed by atoms with van der Waals surface area (Å²) in [6.45, 7) is 29.7. The number of thiophene rings is 6. The third-order valence-corrected chi connectivity index (χ3v) is 34.1. The third kappa shape index (κ3) is 21.0. The van der Waals surface area contributed by atoms with E-state index in [1.54, 1.807) is 45.3 Å². The molecule has 0 aliphatic carbocycles. The first-order chi connectivity index (χ1) is 59.7. The van der Waals surface area contributed by atoms with E-state index in [0.29, 0.717) is 72.1 Å². The molecule has 16 heteroatoms. The highest BCUT2D eigenvalue weighted by Gasteiger charge is 2.52. The molecular weight excluding hydrogens is 1610 g/mol. The van der Waals surface area contributed by atoms with Gasteiger partial charge in [0.05, 0.1) is 87.0 Å². The molecule has 9 aromatic rings. The lowest BCUT2D eigenvalue weighted by Gasteiger charge is -2.29. The van der Waals surface area contributed by atoms with Gasteiger partial charge in [0, 0.05) is 88.5 Å². The molecule has 0 bridgehead atoms. The van der Waals surface area contributed by atoms with E-state index in [1.807, 2.05) is 42.3 Å². The van der Waals surface area contributed by atoms with Crippen LogP contribution in [0, 0.1) is 23.7 Å². The van der Waals surface area contributed by atoms with Crippen molar-refractivity contribution in [2.75, 3.05) is 26.2 Å². The van der Waals surface area contributed by atoms with Gasteiger partial charge in [0.1, 0.15) is 0 Å². The fourth-order valence-electron chi connectivity index (χ4n) is 20.0. The summed E-state index contributed by atoms with van der Waals surface area (Å²) in [5, 5.41) is 8.99. The van der Waals surface area contributed by atoms with Gasteiger partial charge in [-0.2, -0.15) is 0 Å². The van der Waals surface area contributed by atoms with E-state index in [-0.39, 0.29) is 35.5 Å². The Morgan fingerprint density at radius 1 is 0.279 bits per heavy atom. The van der Waals surface area contributed by atoms with Gasteiger partial charge in [-0.15, -0.1) is 68.0 Å². The summed E-state index contributed by atoms with van der Waals surface area (Å²) in [5.41, 5.74) is 10.1. The van der Waals surface area contributed by atoms with Crippen LogP contribution in [0.3, 0.4) is 0 Å². The smallest absolute Gasteiger partial charge is 0.261 e. The van der Waals surface area contributed by atoms with Crippen LogP contribution in [0.4, 0.5) is 0 Å². The molecule has 0 saturated heterocycles. The monoisotopic (exact) mass is 1760 g/mol. The van der Waals surface area contributed by atoms with Crippen molar-refractivity contribution in [3.63, 3.8) is 0 Å². The van der Waals surface area contributed by atoms with E-state index in [2.05, 4.69) is 167 Å². The number of pyridine rings is 2. The van der Waals surface area contributed by atoms with E-state index in [1.165, 1.54) is 170 Å². The highest BCUT2D eigenvalue weighted by Crippen LogP contribution is 2.55. The molecule has 1 aromatic carbocycles. The van der Waals surface area contributed by atoms with Crippen molar-refractivity contribution in [1.29, 1.82) is 0 Å². The van der Waals surface area contributed by atoms with Crippen molar-refractivity contribution in [2.24, 2.45) is 23.7 Å². The van der Waals surface area contributed by atoms with Gasteiger partial charge >= 0.3 is 0 Å². The van der Waals surface area contributed by atoms with Crippen molar-refractivity contribution in [3.05, 3.63) is 137 Å². The molecule has 122 heavy (non-hydrogen) atoms. The van der Waals surface area contributed by atoms with Gasteiger partial charge in [-0.1, -0.05) is 301 Å². The Kier molecular flexibility index (Phi) is 35.0. The lowest BCUT2D eigenvalue weighted by molar-refractivity contribution is -0.124. The van der Waals surface area contributed by atoms with Crippen LogP contribution in [-0.2, 0) is 19.2 Å². The lowest BCUT2D eigenvalue weighted by atomic mass is 9.88. The van der Waals surface area contributed by atoms with Crippen LogP contribution in [0.2, 0.25) is 0 Å². The average molecular weight is 1760 g/mol. The number of amides is 4. The van der Waals surface area contributed by atoms with Crippen LogP contribution in [0.1, 0.15) is 383 Å². The van der Waals surface area contributed by atoms with Crippen LogP contribution < -0.4 is 0 Å². The quantitative estimate of drug-likeness (QED) is 0.0278. The normalized spacial score (nSPS) is 16.2. The van der Waals surface area contributed by atoms with E-state index >= 15 is 19.2 Å². The zero-order valence-electron chi connectivity index (χ0n) is 76.4. The zero-order chi connectivity index (χ0) is 85.8. The standard InChI is InChI=1S/C106H144N6O4S6/c1-13-25-33-37-39-43-53-75(51-41-35-27-15-3)95-79-65-89(83-57-59-87(119-83)99-93-91(103(113)111(99)69-73(23-11)49-31-19-7)97(85-55-45-61-117-85)109(105(93)115)67-71(21-9)47-29-17-5)121-101(79)77-64-82-78(63-81(77)107-95)102-80(96(108-82)76(52-42-36-28-16-4)54-44-40-38-34-26-14-2)66-90(122-102)84-58-60-88(120-84)100-94-92(104(114)112(100)70-74(24-12)50-32-20-8)98(86-56-46-62-118-86)110(106(94)116)68-72(22-10)48-30-18-6/h45-46,55-66,71-76H,13-44,47-54,67-70H2,1-12H3. The minimum atomic E-state index is -0.0279. The highest BCUT2D eigenvalue weighted by molar-refractivity contribution is 7.28. The summed E-state index contributed by atoms with van der Waals surface area (Å²) >= 11 is 10.6. The van der Waals surface area contributed by atoms with Crippen LogP contribution in [0.15, 0.2) is 106 Å². The number of benzene rings is 1. The first-order valence-electron chi connectivity index (χ1n) is 48.9. The molecular formula is C106H144N6O4S6. The molecule has 13 rings (SSSR count). The summed E-state index contributed by atoms with van der Waals surface area (Å²) in [7, 11) is 0.